The van der Waals surface area contributed by atoms with Gasteiger partial charge < -0.3 is 10.1 Å². The van der Waals surface area contributed by atoms with Gasteiger partial charge in [0.25, 0.3) is 0 Å². The summed E-state index contributed by atoms with van der Waals surface area (Å²) in [5.41, 5.74) is 1.65. The van der Waals surface area contributed by atoms with Gasteiger partial charge in [0.05, 0.1) is 17.9 Å². The molecule has 1 fully saturated rings. The molecule has 2 aromatic carbocycles. The van der Waals surface area contributed by atoms with Crippen molar-refractivity contribution >= 4 is 23.4 Å². The zero-order chi connectivity index (χ0) is 22.7. The molecule has 0 bridgehead atoms. The van der Waals surface area contributed by atoms with Crippen molar-refractivity contribution in [1.82, 2.24) is 14.8 Å². The number of hydrogen-bond donors (Lipinski definition) is 1. The Balaban J connectivity index is 1.54. The van der Waals surface area contributed by atoms with Crippen molar-refractivity contribution in [2.24, 2.45) is 0 Å². The normalized spacial score (nSPS) is 16.8. The summed E-state index contributed by atoms with van der Waals surface area (Å²) in [6.45, 7) is 4.68. The summed E-state index contributed by atoms with van der Waals surface area (Å²) in [7, 11) is 0. The van der Waals surface area contributed by atoms with Gasteiger partial charge >= 0.3 is 0 Å². The van der Waals surface area contributed by atoms with Crippen LogP contribution < -0.4 is 5.32 Å². The Morgan fingerprint density at radius 1 is 1.25 bits per heavy atom. The number of rotatable bonds is 7. The van der Waals surface area contributed by atoms with Crippen molar-refractivity contribution < 1.29 is 18.3 Å². The van der Waals surface area contributed by atoms with E-state index in [1.165, 1.54) is 30.0 Å². The summed E-state index contributed by atoms with van der Waals surface area (Å²) in [6.07, 6.45) is 1.96. The van der Waals surface area contributed by atoms with Crippen LogP contribution in [0.25, 0.3) is 11.4 Å². The first-order chi connectivity index (χ1) is 15.4. The van der Waals surface area contributed by atoms with Crippen LogP contribution in [-0.2, 0) is 16.1 Å². The molecule has 0 aliphatic carbocycles. The van der Waals surface area contributed by atoms with Gasteiger partial charge in [-0.3, -0.25) is 9.36 Å². The number of carbonyl (C=O) groups is 1. The molecule has 1 aliphatic heterocycles. The number of amides is 1. The molecule has 3 aromatic rings. The Kier molecular flexibility index (Phi) is 6.86. The van der Waals surface area contributed by atoms with Crippen LogP contribution in [0, 0.1) is 18.6 Å². The van der Waals surface area contributed by atoms with E-state index in [1.54, 1.807) is 38.1 Å². The maximum atomic E-state index is 13.8. The second kappa shape index (κ2) is 9.79. The summed E-state index contributed by atoms with van der Waals surface area (Å²) in [5.74, 6) is -0.376. The molecule has 1 amide bonds. The average molecular weight is 459 g/mol. The lowest BCUT2D eigenvalue weighted by Gasteiger charge is -2.16. The van der Waals surface area contributed by atoms with E-state index in [2.05, 4.69) is 15.5 Å². The molecule has 2 atom stereocenters. The molecule has 0 radical (unpaired) electrons. The molecule has 0 spiro atoms. The van der Waals surface area contributed by atoms with Gasteiger partial charge in [0.1, 0.15) is 11.6 Å². The molecule has 1 aromatic heterocycles. The minimum atomic E-state index is -0.507. The third-order valence-electron chi connectivity index (χ3n) is 5.32. The summed E-state index contributed by atoms with van der Waals surface area (Å²) >= 11 is 1.26. The van der Waals surface area contributed by atoms with Crippen LogP contribution in [0.2, 0.25) is 0 Å². The topological polar surface area (TPSA) is 69.0 Å². The largest absolute Gasteiger partial charge is 0.376 e. The summed E-state index contributed by atoms with van der Waals surface area (Å²) in [6, 6.07) is 10.7. The molecule has 6 nitrogen and oxygen atoms in total. The van der Waals surface area contributed by atoms with Crippen molar-refractivity contribution in [3.05, 3.63) is 59.7 Å². The lowest BCUT2D eigenvalue weighted by molar-refractivity contribution is -0.115. The minimum absolute atomic E-state index is 0.0317. The number of nitrogens with zero attached hydrogens (tertiary/aromatic N) is 3. The zero-order valence-corrected chi connectivity index (χ0v) is 18.7. The van der Waals surface area contributed by atoms with Gasteiger partial charge in [-0.05, 0) is 68.7 Å². The standard InChI is InChI=1S/C23H24F2N4O2S/c1-14-5-10-18(12-20(14)25)26-22(30)15(2)32-23-28-27-21(16-6-8-17(24)9-7-16)29(23)13-19-4-3-11-31-19/h5-10,12,15,19H,3-4,11,13H2,1-2H3,(H,26,30). The molecule has 1 saturated heterocycles. The second-order valence-corrected chi connectivity index (χ2v) is 9.08. The summed E-state index contributed by atoms with van der Waals surface area (Å²) < 4.78 is 34.9. The van der Waals surface area contributed by atoms with E-state index in [0.29, 0.717) is 35.4 Å². The monoisotopic (exact) mass is 458 g/mol. The van der Waals surface area contributed by atoms with Crippen molar-refractivity contribution in [1.29, 1.82) is 0 Å². The smallest absolute Gasteiger partial charge is 0.237 e. The van der Waals surface area contributed by atoms with Crippen molar-refractivity contribution in [2.45, 2.75) is 49.7 Å². The number of thioether (sulfide) groups is 1. The number of ether oxygens (including phenoxy) is 1. The first-order valence-corrected chi connectivity index (χ1v) is 11.3. The molecule has 1 aliphatic rings. The molecule has 32 heavy (non-hydrogen) atoms. The Bertz CT molecular complexity index is 1100. The highest BCUT2D eigenvalue weighted by Gasteiger charge is 2.25. The predicted octanol–water partition coefficient (Wildman–Crippen LogP) is 4.83. The number of aromatic nitrogens is 3. The van der Waals surface area contributed by atoms with Gasteiger partial charge in [0.15, 0.2) is 11.0 Å². The van der Waals surface area contributed by atoms with Gasteiger partial charge in [0, 0.05) is 17.9 Å². The van der Waals surface area contributed by atoms with Crippen LogP contribution in [0.4, 0.5) is 14.5 Å². The number of hydrogen-bond acceptors (Lipinski definition) is 5. The second-order valence-electron chi connectivity index (χ2n) is 7.77. The molecular weight excluding hydrogens is 434 g/mol. The first-order valence-electron chi connectivity index (χ1n) is 10.4. The number of nitrogens with one attached hydrogen (secondary N) is 1. The highest BCUT2D eigenvalue weighted by atomic mass is 32.2. The third kappa shape index (κ3) is 5.16. The molecule has 4 rings (SSSR count). The maximum absolute atomic E-state index is 13.8. The number of carbonyl (C=O) groups excluding carboxylic acids is 1. The average Bonchev–Trinajstić information content (AvgIpc) is 3.42. The van der Waals surface area contributed by atoms with Crippen LogP contribution >= 0.6 is 11.8 Å². The van der Waals surface area contributed by atoms with Crippen LogP contribution in [-0.4, -0.2) is 38.6 Å². The fourth-order valence-corrected chi connectivity index (χ4v) is 4.33. The lowest BCUT2D eigenvalue weighted by Crippen LogP contribution is -2.23. The molecule has 2 unspecified atom stereocenters. The number of anilines is 1. The molecule has 1 N–H and O–H groups in total. The Labute approximate surface area is 189 Å². The maximum Gasteiger partial charge on any atom is 0.237 e. The predicted molar refractivity (Wildman–Crippen MR) is 119 cm³/mol. The summed E-state index contributed by atoms with van der Waals surface area (Å²) in [4.78, 5) is 12.7. The minimum Gasteiger partial charge on any atom is -0.376 e. The van der Waals surface area contributed by atoms with Gasteiger partial charge in [-0.2, -0.15) is 0 Å². The first kappa shape index (κ1) is 22.4. The Hall–Kier alpha value is -2.78. The Morgan fingerprint density at radius 2 is 2.03 bits per heavy atom. The van der Waals surface area contributed by atoms with Crippen molar-refractivity contribution in [2.75, 3.05) is 11.9 Å². The number of aryl methyl sites for hydroxylation is 1. The van der Waals surface area contributed by atoms with Crippen LogP contribution in [0.15, 0.2) is 47.6 Å². The van der Waals surface area contributed by atoms with Crippen LogP contribution in [0.3, 0.4) is 0 Å². The molecule has 2 heterocycles. The van der Waals surface area contributed by atoms with Crippen molar-refractivity contribution in [3.8, 4) is 11.4 Å². The van der Waals surface area contributed by atoms with E-state index in [0.717, 1.165) is 18.4 Å². The highest BCUT2D eigenvalue weighted by Crippen LogP contribution is 2.29. The van der Waals surface area contributed by atoms with Crippen LogP contribution in [0.1, 0.15) is 25.3 Å². The van der Waals surface area contributed by atoms with E-state index in [9.17, 15) is 13.6 Å². The fourth-order valence-electron chi connectivity index (χ4n) is 3.47. The lowest BCUT2D eigenvalue weighted by atomic mass is 10.2. The van der Waals surface area contributed by atoms with Gasteiger partial charge in [0.2, 0.25) is 5.91 Å². The van der Waals surface area contributed by atoms with Gasteiger partial charge in [-0.25, -0.2) is 8.78 Å². The molecular formula is C23H24F2N4O2S. The quantitative estimate of drug-likeness (QED) is 0.514. The summed E-state index contributed by atoms with van der Waals surface area (Å²) in [5, 5.41) is 11.4. The van der Waals surface area contributed by atoms with E-state index in [4.69, 9.17) is 4.74 Å². The molecule has 9 heteroatoms. The molecule has 168 valence electrons. The third-order valence-corrected chi connectivity index (χ3v) is 6.40. The van der Waals surface area contributed by atoms with Crippen molar-refractivity contribution in [3.63, 3.8) is 0 Å². The molecule has 0 saturated carbocycles. The fraction of sp³-hybridized carbons (Fsp3) is 0.348. The number of halogens is 2. The van der Waals surface area contributed by atoms with E-state index in [1.807, 2.05) is 4.57 Å². The highest BCUT2D eigenvalue weighted by molar-refractivity contribution is 8.00. The zero-order valence-electron chi connectivity index (χ0n) is 17.8. The van der Waals surface area contributed by atoms with E-state index >= 15 is 0 Å². The SMILES string of the molecule is Cc1ccc(NC(=O)C(C)Sc2nnc(-c3ccc(F)cc3)n2CC2CCCO2)cc1F. The Morgan fingerprint density at radius 3 is 2.72 bits per heavy atom. The van der Waals surface area contributed by atoms with E-state index in [-0.39, 0.29) is 23.6 Å². The van der Waals surface area contributed by atoms with E-state index < -0.39 is 5.25 Å². The number of benzene rings is 2. The van der Waals surface area contributed by atoms with Gasteiger partial charge in [-0.1, -0.05) is 17.8 Å². The van der Waals surface area contributed by atoms with Gasteiger partial charge in [-0.15, -0.1) is 10.2 Å². The van der Waals surface area contributed by atoms with Crippen LogP contribution in [0.5, 0.6) is 0 Å².